The Hall–Kier alpha value is -4.15. The molecule has 0 saturated heterocycles. The number of hydrogen-bond donors (Lipinski definition) is 1. The van der Waals surface area contributed by atoms with Crippen LogP contribution in [0.4, 0.5) is 11.5 Å². The second kappa shape index (κ2) is 11.1. The summed E-state index contributed by atoms with van der Waals surface area (Å²) >= 11 is 0. The van der Waals surface area contributed by atoms with Crippen LogP contribution in [0.25, 0.3) is 10.9 Å². The molecule has 0 saturated carbocycles. The van der Waals surface area contributed by atoms with E-state index in [1.165, 1.54) is 11.9 Å². The van der Waals surface area contributed by atoms with Crippen molar-refractivity contribution >= 4 is 22.4 Å². The number of aromatic nitrogens is 2. The SMILES string of the molecule is COc1cc2c(Nc3ccc(C#N)cc3)ncnc2cc1OCCCN(C)Cc1ccccc1. The van der Waals surface area contributed by atoms with E-state index in [4.69, 9.17) is 14.7 Å². The number of nitrogens with one attached hydrogen (secondary N) is 1. The smallest absolute Gasteiger partial charge is 0.163 e. The summed E-state index contributed by atoms with van der Waals surface area (Å²) in [6, 6.07) is 23.5. The molecular formula is C27H27N5O2. The lowest BCUT2D eigenvalue weighted by Crippen LogP contribution is -2.20. The number of nitriles is 1. The van der Waals surface area contributed by atoms with Gasteiger partial charge in [0.1, 0.15) is 12.1 Å². The van der Waals surface area contributed by atoms with E-state index >= 15 is 0 Å². The van der Waals surface area contributed by atoms with Crippen molar-refractivity contribution in [3.63, 3.8) is 0 Å². The first kappa shape index (κ1) is 23.0. The third-order valence-electron chi connectivity index (χ3n) is 5.43. The molecule has 7 nitrogen and oxygen atoms in total. The largest absolute Gasteiger partial charge is 0.493 e. The molecule has 0 spiro atoms. The summed E-state index contributed by atoms with van der Waals surface area (Å²) in [4.78, 5) is 11.1. The Labute approximate surface area is 199 Å². The van der Waals surface area contributed by atoms with Crippen LogP contribution < -0.4 is 14.8 Å². The molecule has 0 unspecified atom stereocenters. The van der Waals surface area contributed by atoms with Crippen LogP contribution in [0, 0.1) is 11.3 Å². The van der Waals surface area contributed by atoms with E-state index in [2.05, 4.69) is 57.6 Å². The van der Waals surface area contributed by atoms with Crippen molar-refractivity contribution in [2.24, 2.45) is 0 Å². The maximum absolute atomic E-state index is 8.99. The van der Waals surface area contributed by atoms with Gasteiger partial charge in [-0.1, -0.05) is 30.3 Å². The molecule has 1 N–H and O–H groups in total. The molecule has 1 heterocycles. The van der Waals surface area contributed by atoms with Gasteiger partial charge in [-0.3, -0.25) is 0 Å². The Morgan fingerprint density at radius 3 is 2.53 bits per heavy atom. The van der Waals surface area contributed by atoms with E-state index in [1.807, 2.05) is 30.3 Å². The first-order chi connectivity index (χ1) is 16.7. The van der Waals surface area contributed by atoms with Gasteiger partial charge in [-0.2, -0.15) is 5.26 Å². The van der Waals surface area contributed by atoms with Crippen molar-refractivity contribution in [2.75, 3.05) is 32.6 Å². The van der Waals surface area contributed by atoms with Crippen molar-refractivity contribution in [3.05, 3.63) is 84.2 Å². The van der Waals surface area contributed by atoms with Gasteiger partial charge in [-0.15, -0.1) is 0 Å². The summed E-state index contributed by atoms with van der Waals surface area (Å²) in [5.41, 5.74) is 3.49. The maximum atomic E-state index is 8.99. The number of rotatable bonds is 10. The molecule has 3 aromatic carbocycles. The molecule has 0 amide bonds. The summed E-state index contributed by atoms with van der Waals surface area (Å²) in [5.74, 6) is 1.94. The topological polar surface area (TPSA) is 83.3 Å². The third kappa shape index (κ3) is 5.80. The highest BCUT2D eigenvalue weighted by atomic mass is 16.5. The first-order valence-electron chi connectivity index (χ1n) is 11.1. The zero-order valence-electron chi connectivity index (χ0n) is 19.4. The van der Waals surface area contributed by atoms with Crippen LogP contribution in [0.1, 0.15) is 17.5 Å². The molecule has 0 bridgehead atoms. The van der Waals surface area contributed by atoms with Crippen LogP contribution in [0.2, 0.25) is 0 Å². The van der Waals surface area contributed by atoms with E-state index in [-0.39, 0.29) is 0 Å². The number of hydrogen-bond acceptors (Lipinski definition) is 7. The Morgan fingerprint density at radius 1 is 1.00 bits per heavy atom. The minimum atomic E-state index is 0.572. The highest BCUT2D eigenvalue weighted by molar-refractivity contribution is 5.93. The van der Waals surface area contributed by atoms with Crippen LogP contribution in [-0.2, 0) is 6.54 Å². The van der Waals surface area contributed by atoms with Crippen molar-refractivity contribution < 1.29 is 9.47 Å². The summed E-state index contributed by atoms with van der Waals surface area (Å²) in [6.07, 6.45) is 2.41. The van der Waals surface area contributed by atoms with Gasteiger partial charge in [-0.25, -0.2) is 9.97 Å². The van der Waals surface area contributed by atoms with E-state index in [0.717, 1.165) is 36.1 Å². The fourth-order valence-corrected chi connectivity index (χ4v) is 3.69. The Bertz CT molecular complexity index is 1270. The van der Waals surface area contributed by atoms with Gasteiger partial charge in [0.2, 0.25) is 0 Å². The van der Waals surface area contributed by atoms with Gasteiger partial charge in [-0.05, 0) is 49.4 Å². The van der Waals surface area contributed by atoms with Crippen LogP contribution >= 0.6 is 0 Å². The monoisotopic (exact) mass is 453 g/mol. The van der Waals surface area contributed by atoms with Gasteiger partial charge >= 0.3 is 0 Å². The number of fused-ring (bicyclic) bond motifs is 1. The molecule has 172 valence electrons. The average Bonchev–Trinajstić information content (AvgIpc) is 2.87. The lowest BCUT2D eigenvalue weighted by molar-refractivity contribution is 0.251. The third-order valence-corrected chi connectivity index (χ3v) is 5.43. The predicted molar refractivity (Wildman–Crippen MR) is 133 cm³/mol. The molecule has 0 aliphatic rings. The van der Waals surface area contributed by atoms with Gasteiger partial charge in [0, 0.05) is 30.2 Å². The normalized spacial score (nSPS) is 10.8. The molecule has 4 rings (SSSR count). The Kier molecular flexibility index (Phi) is 7.53. The number of benzene rings is 3. The number of methoxy groups -OCH3 is 1. The fraction of sp³-hybridized carbons (Fsp3) is 0.222. The molecular weight excluding hydrogens is 426 g/mol. The van der Waals surface area contributed by atoms with Crippen LogP contribution in [0.3, 0.4) is 0 Å². The second-order valence-electron chi connectivity index (χ2n) is 7.98. The minimum absolute atomic E-state index is 0.572. The van der Waals surface area contributed by atoms with Gasteiger partial charge in [0.25, 0.3) is 0 Å². The maximum Gasteiger partial charge on any atom is 0.163 e. The van der Waals surface area contributed by atoms with Gasteiger partial charge in [0.15, 0.2) is 11.5 Å². The van der Waals surface area contributed by atoms with Crippen LogP contribution in [-0.4, -0.2) is 42.2 Å². The van der Waals surface area contributed by atoms with Crippen molar-refractivity contribution in [1.29, 1.82) is 5.26 Å². The Morgan fingerprint density at radius 2 is 1.79 bits per heavy atom. The van der Waals surface area contributed by atoms with Gasteiger partial charge < -0.3 is 19.7 Å². The Balaban J connectivity index is 1.41. The molecule has 0 fully saturated rings. The predicted octanol–water partition coefficient (Wildman–Crippen LogP) is 5.15. The van der Waals surface area contributed by atoms with E-state index in [1.54, 1.807) is 19.2 Å². The lowest BCUT2D eigenvalue weighted by Gasteiger charge is -2.17. The second-order valence-corrected chi connectivity index (χ2v) is 7.98. The van der Waals surface area contributed by atoms with Crippen molar-refractivity contribution in [3.8, 4) is 17.6 Å². The molecule has 1 aromatic heterocycles. The fourth-order valence-electron chi connectivity index (χ4n) is 3.69. The number of nitrogens with zero attached hydrogens (tertiary/aromatic N) is 4. The highest BCUT2D eigenvalue weighted by Crippen LogP contribution is 2.34. The van der Waals surface area contributed by atoms with Crippen molar-refractivity contribution in [1.82, 2.24) is 14.9 Å². The molecule has 0 atom stereocenters. The minimum Gasteiger partial charge on any atom is -0.493 e. The van der Waals surface area contributed by atoms with Crippen LogP contribution in [0.5, 0.6) is 11.5 Å². The van der Waals surface area contributed by atoms with Crippen molar-refractivity contribution in [2.45, 2.75) is 13.0 Å². The molecule has 4 aromatic rings. The highest BCUT2D eigenvalue weighted by Gasteiger charge is 2.12. The zero-order valence-corrected chi connectivity index (χ0v) is 19.4. The zero-order chi connectivity index (χ0) is 23.8. The summed E-state index contributed by atoms with van der Waals surface area (Å²) in [6.45, 7) is 2.40. The number of ether oxygens (including phenoxy) is 2. The summed E-state index contributed by atoms with van der Waals surface area (Å²) < 4.78 is 11.6. The van der Waals surface area contributed by atoms with E-state index in [9.17, 15) is 0 Å². The first-order valence-corrected chi connectivity index (χ1v) is 11.1. The summed E-state index contributed by atoms with van der Waals surface area (Å²) in [5, 5.41) is 13.1. The standard InChI is InChI=1S/C27H27N5O2/c1-32(18-21-7-4-3-5-8-21)13-6-14-34-26-16-24-23(15-25(26)33-2)27(30-19-29-24)31-22-11-9-20(17-28)10-12-22/h3-5,7-12,15-16,19H,6,13-14,18H2,1-2H3,(H,29,30,31). The van der Waals surface area contributed by atoms with E-state index < -0.39 is 0 Å². The molecule has 34 heavy (non-hydrogen) atoms. The quantitative estimate of drug-likeness (QED) is 0.332. The molecule has 0 radical (unpaired) electrons. The van der Waals surface area contributed by atoms with Gasteiger partial charge in [0.05, 0.1) is 30.9 Å². The summed E-state index contributed by atoms with van der Waals surface area (Å²) in [7, 11) is 3.74. The lowest BCUT2D eigenvalue weighted by atomic mass is 10.2. The molecule has 0 aliphatic carbocycles. The molecule has 0 aliphatic heterocycles. The number of anilines is 2. The van der Waals surface area contributed by atoms with Crippen LogP contribution in [0.15, 0.2) is 73.1 Å². The molecule has 7 heteroatoms. The van der Waals surface area contributed by atoms with E-state index in [0.29, 0.717) is 29.5 Å². The average molecular weight is 454 g/mol.